The maximum absolute atomic E-state index is 14.3. The number of rotatable bonds is 24. The number of halogens is 30. The summed E-state index contributed by atoms with van der Waals surface area (Å²) in [5.41, 5.74) is 0. The molecule has 0 bridgehead atoms. The van der Waals surface area contributed by atoms with Gasteiger partial charge >= 0.3 is 95.7 Å². The van der Waals surface area contributed by atoms with Crippen LogP contribution in [0.4, 0.5) is 132 Å². The molecule has 0 aromatic heterocycles. The maximum Gasteiger partial charge on any atom is 0.453 e. The summed E-state index contributed by atoms with van der Waals surface area (Å²) in [4.78, 5) is 0. The van der Waals surface area contributed by atoms with Gasteiger partial charge in [-0.25, -0.2) is 43.9 Å². The number of hydrogen-bond acceptors (Lipinski definition) is 8. The molecule has 0 fully saturated rings. The first-order valence-electron chi connectivity index (χ1n) is 14.2. The van der Waals surface area contributed by atoms with Crippen molar-refractivity contribution >= 4 is 20.0 Å². The molecular formula is C22H17F30NO8S2. The van der Waals surface area contributed by atoms with Crippen molar-refractivity contribution in [3.8, 4) is 0 Å². The summed E-state index contributed by atoms with van der Waals surface area (Å²) in [6, 6.07) is 0. The molecule has 0 aliphatic rings. The Bertz CT molecular complexity index is 1720. The molecule has 0 rings (SSSR count). The highest BCUT2D eigenvalue weighted by Gasteiger charge is 2.84. The second-order valence-corrected chi connectivity index (χ2v) is 16.1. The molecule has 380 valence electrons. The first kappa shape index (κ1) is 60.6. The van der Waals surface area contributed by atoms with E-state index >= 15 is 0 Å². The van der Waals surface area contributed by atoms with Gasteiger partial charge in [0.25, 0.3) is 0 Å². The minimum Gasteiger partial charge on any atom is -0.265 e. The number of ether oxygens (including phenoxy) is 4. The van der Waals surface area contributed by atoms with E-state index in [9.17, 15) is 149 Å². The Morgan fingerprint density at radius 3 is 0.683 bits per heavy atom. The van der Waals surface area contributed by atoms with Gasteiger partial charge in [0.2, 0.25) is 20.0 Å². The fourth-order valence-corrected chi connectivity index (χ4v) is 6.69. The summed E-state index contributed by atoms with van der Waals surface area (Å²) in [7, 11) is -15.0. The van der Waals surface area contributed by atoms with Crippen LogP contribution in [0.2, 0.25) is 0 Å². The normalized spacial score (nSPS) is 18.3. The summed E-state index contributed by atoms with van der Waals surface area (Å²) in [5.74, 6) is -79.4. The smallest absolute Gasteiger partial charge is 0.265 e. The third-order valence-corrected chi connectivity index (χ3v) is 10.1. The largest absolute Gasteiger partial charge is 0.453 e. The minimum absolute atomic E-state index is 0.757. The lowest BCUT2D eigenvalue weighted by Crippen LogP contribution is -2.68. The molecule has 2 atom stereocenters. The third-order valence-electron chi connectivity index (χ3n) is 6.62. The highest BCUT2D eigenvalue weighted by molar-refractivity contribution is 8.04. The lowest BCUT2D eigenvalue weighted by Gasteiger charge is -2.42. The molecule has 0 aliphatic carbocycles. The molecule has 0 aromatic carbocycles. The fourth-order valence-electron chi connectivity index (χ4n) is 3.38. The number of alkyl halides is 30. The van der Waals surface area contributed by atoms with Crippen molar-refractivity contribution in [2.45, 2.75) is 123 Å². The first-order chi connectivity index (χ1) is 26.4. The molecule has 9 nitrogen and oxygen atoms in total. The Kier molecular flexibility index (Phi) is 15.5. The molecule has 0 aromatic rings. The predicted octanol–water partition coefficient (Wildman–Crippen LogP) is 9.35. The minimum atomic E-state index is -8.06. The van der Waals surface area contributed by atoms with Crippen LogP contribution in [0.15, 0.2) is 0 Å². The lowest BCUT2D eigenvalue weighted by atomic mass is 9.99. The molecule has 41 heteroatoms. The summed E-state index contributed by atoms with van der Waals surface area (Å²) in [6.45, 7) is -5.35. The Labute approximate surface area is 327 Å². The number of nitrogens with one attached hydrogen (secondary N) is 1. The molecule has 0 aliphatic heterocycles. The molecule has 0 saturated carbocycles. The van der Waals surface area contributed by atoms with Gasteiger partial charge in [-0.1, -0.05) is 0 Å². The first-order valence-corrected chi connectivity index (χ1v) is 17.5. The maximum atomic E-state index is 14.3. The molecule has 2 unspecified atom stereocenters. The van der Waals surface area contributed by atoms with Crippen molar-refractivity contribution in [1.29, 1.82) is 0 Å². The van der Waals surface area contributed by atoms with Crippen molar-refractivity contribution < 1.29 is 167 Å². The van der Waals surface area contributed by atoms with E-state index in [1.54, 1.807) is 9.47 Å². The molecule has 0 spiro atoms. The van der Waals surface area contributed by atoms with E-state index in [1.165, 1.54) is 9.47 Å². The van der Waals surface area contributed by atoms with Crippen molar-refractivity contribution in [1.82, 2.24) is 4.13 Å². The average molecular weight is 1060 g/mol. The van der Waals surface area contributed by atoms with Crippen molar-refractivity contribution in [2.75, 3.05) is 11.5 Å². The van der Waals surface area contributed by atoms with Gasteiger partial charge in [-0.3, -0.25) is 9.47 Å². The molecule has 0 saturated heterocycles. The highest BCUT2D eigenvalue weighted by atomic mass is 32.3. The zero-order chi connectivity index (χ0) is 51.9. The van der Waals surface area contributed by atoms with Crippen LogP contribution in [0, 0.1) is 0 Å². The standard InChI is InChI=1S/C22H17F30NO8S2/c1-7(23,24)13(35,36)15(39,9(3,27)28)58-19(45,46)21(49,50)60-17(41,42)11(31,32)5-62(54,55)53-63(56,57)6-12(33,34)18(43,44)61-22(51,52)20(47,48)59-16(40,10(4,29)30)14(37,38)8(2,25)26/h53H,5-6H2,1-4H3. The van der Waals surface area contributed by atoms with Crippen molar-refractivity contribution in [3.63, 3.8) is 0 Å². The monoisotopic (exact) mass is 1060 g/mol. The van der Waals surface area contributed by atoms with Gasteiger partial charge in [0.15, 0.2) is 0 Å². The number of sulfonamides is 2. The zero-order valence-corrected chi connectivity index (χ0v) is 31.0. The van der Waals surface area contributed by atoms with Gasteiger partial charge in [-0.05, 0) is 0 Å². The second kappa shape index (κ2) is 16.1. The summed E-state index contributed by atoms with van der Waals surface area (Å²) in [5, 5.41) is 0. The van der Waals surface area contributed by atoms with E-state index < -0.39 is 159 Å². The Balaban J connectivity index is 6.64. The summed E-state index contributed by atoms with van der Waals surface area (Å²) >= 11 is 0. The van der Waals surface area contributed by atoms with Crippen molar-refractivity contribution in [3.05, 3.63) is 0 Å². The van der Waals surface area contributed by atoms with E-state index in [4.69, 9.17) is 0 Å². The summed E-state index contributed by atoms with van der Waals surface area (Å²) < 4.78 is 465. The van der Waals surface area contributed by atoms with Gasteiger partial charge in [0.05, 0.1) is 0 Å². The van der Waals surface area contributed by atoms with Crippen molar-refractivity contribution in [2.24, 2.45) is 0 Å². The quantitative estimate of drug-likeness (QED) is 0.0952. The van der Waals surface area contributed by atoms with Crippen LogP contribution < -0.4 is 4.13 Å². The summed E-state index contributed by atoms with van der Waals surface area (Å²) in [6.07, 6.45) is -47.9. The predicted molar refractivity (Wildman–Crippen MR) is 135 cm³/mol. The third kappa shape index (κ3) is 11.8. The van der Waals surface area contributed by atoms with E-state index in [0.717, 1.165) is 0 Å². The SMILES string of the molecule is CC(F)(F)C(F)(F)C(F)(OC(F)(F)C(F)(F)OC(F)(F)C(F)(F)CS(=O)(=O)NS(=O)(=O)CC(F)(F)C(F)(F)OC(F)(F)C(F)(F)OC(F)(C(C)(F)F)C(F)(F)C(C)(F)F)C(C)(F)F. The van der Waals surface area contributed by atoms with Crippen LogP contribution in [0.3, 0.4) is 0 Å². The van der Waals surface area contributed by atoms with E-state index in [0.29, 0.717) is 0 Å². The van der Waals surface area contributed by atoms with Crippen LogP contribution in [0.25, 0.3) is 0 Å². The highest BCUT2D eigenvalue weighted by Crippen LogP contribution is 2.58. The lowest BCUT2D eigenvalue weighted by molar-refractivity contribution is -0.542. The second-order valence-electron chi connectivity index (χ2n) is 12.4. The van der Waals surface area contributed by atoms with Crippen LogP contribution in [0.5, 0.6) is 0 Å². The molecule has 1 N–H and O–H groups in total. The van der Waals surface area contributed by atoms with E-state index in [-0.39, 0.29) is 0 Å². The van der Waals surface area contributed by atoms with Gasteiger partial charge < -0.3 is 0 Å². The fraction of sp³-hybridized carbons (Fsp3) is 1.00. The number of hydrogen-bond donors (Lipinski definition) is 1. The van der Waals surface area contributed by atoms with Gasteiger partial charge in [0, 0.05) is 27.7 Å². The van der Waals surface area contributed by atoms with Crippen LogP contribution in [0.1, 0.15) is 27.7 Å². The van der Waals surface area contributed by atoms with Gasteiger partial charge in [-0.2, -0.15) is 114 Å². The van der Waals surface area contributed by atoms with E-state index in [2.05, 4.69) is 0 Å². The average Bonchev–Trinajstić information content (AvgIpc) is 2.90. The van der Waals surface area contributed by atoms with Gasteiger partial charge in [0.1, 0.15) is 11.5 Å². The molecule has 0 heterocycles. The van der Waals surface area contributed by atoms with Gasteiger partial charge in [-0.15, -0.1) is 4.13 Å². The van der Waals surface area contributed by atoms with Crippen LogP contribution >= 0.6 is 0 Å². The van der Waals surface area contributed by atoms with E-state index in [1.807, 2.05) is 0 Å². The Morgan fingerprint density at radius 2 is 0.508 bits per heavy atom. The topological polar surface area (TPSA) is 117 Å². The molecular weight excluding hydrogens is 1040 g/mol. The Hall–Kier alpha value is -2.40. The van der Waals surface area contributed by atoms with Crippen LogP contribution in [-0.4, -0.2) is 124 Å². The van der Waals surface area contributed by atoms with Crippen LogP contribution in [-0.2, 0) is 39.0 Å². The zero-order valence-electron chi connectivity index (χ0n) is 29.3. The molecule has 63 heavy (non-hydrogen) atoms. The molecule has 0 amide bonds. The molecule has 0 radical (unpaired) electrons. The Morgan fingerprint density at radius 1 is 0.317 bits per heavy atom.